The van der Waals surface area contributed by atoms with Crippen molar-refractivity contribution in [1.29, 1.82) is 0 Å². The Kier molecular flexibility index (Phi) is 5.45. The minimum Gasteiger partial charge on any atom is -0.334 e. The van der Waals surface area contributed by atoms with Gasteiger partial charge < -0.3 is 9.84 Å². The van der Waals surface area contributed by atoms with Crippen molar-refractivity contribution in [2.24, 2.45) is 0 Å². The van der Waals surface area contributed by atoms with Gasteiger partial charge in [-0.25, -0.2) is 9.18 Å². The number of amides is 2. The van der Waals surface area contributed by atoms with E-state index in [9.17, 15) is 9.18 Å². The standard InChI is InChI=1S/C27H23FN4O2/c1-16-12-13-22(14-17(16)2)32-18(3)23(24(29-27(32)33)19-8-5-4-6-9-19)26-30-25(31-34-26)20-10-7-11-21(28)15-20/h4-15,24H,1-3H3,(H,29,33). The van der Waals surface area contributed by atoms with Gasteiger partial charge in [-0.15, -0.1) is 0 Å². The Morgan fingerprint density at radius 1 is 0.941 bits per heavy atom. The van der Waals surface area contributed by atoms with Crippen LogP contribution in [0.4, 0.5) is 14.9 Å². The van der Waals surface area contributed by atoms with Crippen molar-refractivity contribution in [1.82, 2.24) is 15.5 Å². The molecule has 7 heteroatoms. The normalized spacial score (nSPS) is 16.1. The van der Waals surface area contributed by atoms with Crippen LogP contribution < -0.4 is 10.2 Å². The molecule has 1 aliphatic heterocycles. The van der Waals surface area contributed by atoms with Crippen molar-refractivity contribution in [2.75, 3.05) is 4.90 Å². The molecule has 0 saturated carbocycles. The van der Waals surface area contributed by atoms with Gasteiger partial charge in [-0.05, 0) is 61.7 Å². The maximum atomic E-state index is 13.8. The van der Waals surface area contributed by atoms with Crippen molar-refractivity contribution in [3.05, 3.63) is 107 Å². The van der Waals surface area contributed by atoms with Gasteiger partial charge in [0.05, 0.1) is 17.3 Å². The minimum absolute atomic E-state index is 0.247. The van der Waals surface area contributed by atoms with Crippen molar-refractivity contribution in [2.45, 2.75) is 26.8 Å². The predicted molar refractivity (Wildman–Crippen MR) is 128 cm³/mol. The molecule has 1 unspecified atom stereocenters. The van der Waals surface area contributed by atoms with E-state index in [2.05, 4.69) is 15.5 Å². The molecule has 0 radical (unpaired) electrons. The smallest absolute Gasteiger partial charge is 0.326 e. The topological polar surface area (TPSA) is 71.3 Å². The molecule has 1 aromatic heterocycles. The molecule has 170 valence electrons. The molecule has 0 saturated heterocycles. The lowest BCUT2D eigenvalue weighted by Gasteiger charge is -2.35. The Balaban J connectivity index is 1.66. The van der Waals surface area contributed by atoms with Gasteiger partial charge in [0.1, 0.15) is 5.82 Å². The predicted octanol–water partition coefficient (Wildman–Crippen LogP) is 6.19. The zero-order valence-electron chi connectivity index (χ0n) is 19.0. The Morgan fingerprint density at radius 3 is 2.47 bits per heavy atom. The number of urea groups is 1. The van der Waals surface area contributed by atoms with Gasteiger partial charge >= 0.3 is 6.03 Å². The second-order valence-corrected chi connectivity index (χ2v) is 8.33. The van der Waals surface area contributed by atoms with Crippen molar-refractivity contribution < 1.29 is 13.7 Å². The van der Waals surface area contributed by atoms with Gasteiger partial charge in [0, 0.05) is 11.3 Å². The second kappa shape index (κ2) is 8.59. The molecule has 34 heavy (non-hydrogen) atoms. The molecule has 0 fully saturated rings. The monoisotopic (exact) mass is 454 g/mol. The molecule has 0 aliphatic carbocycles. The molecule has 2 amide bonds. The first-order valence-electron chi connectivity index (χ1n) is 11.0. The largest absolute Gasteiger partial charge is 0.334 e. The zero-order chi connectivity index (χ0) is 23.8. The zero-order valence-corrected chi connectivity index (χ0v) is 19.0. The van der Waals surface area contributed by atoms with E-state index in [-0.39, 0.29) is 23.6 Å². The van der Waals surface area contributed by atoms with Crippen LogP contribution in [0.15, 0.2) is 83.0 Å². The van der Waals surface area contributed by atoms with Gasteiger partial charge in [-0.1, -0.05) is 53.7 Å². The fourth-order valence-corrected chi connectivity index (χ4v) is 4.17. The molecular weight excluding hydrogens is 431 g/mol. The SMILES string of the molecule is CC1=C(c2nc(-c3cccc(F)c3)no2)C(c2ccccc2)NC(=O)N1c1ccc(C)c(C)c1. The maximum absolute atomic E-state index is 13.8. The maximum Gasteiger partial charge on any atom is 0.326 e. The summed E-state index contributed by atoms with van der Waals surface area (Å²) in [7, 11) is 0. The van der Waals surface area contributed by atoms with Crippen LogP contribution in [-0.2, 0) is 0 Å². The van der Waals surface area contributed by atoms with Crippen LogP contribution in [-0.4, -0.2) is 16.2 Å². The summed E-state index contributed by atoms with van der Waals surface area (Å²) in [5.74, 6) is 0.156. The van der Waals surface area contributed by atoms with E-state index >= 15 is 0 Å². The number of halogens is 1. The average Bonchev–Trinajstić information content (AvgIpc) is 3.31. The van der Waals surface area contributed by atoms with E-state index in [0.29, 0.717) is 16.8 Å². The summed E-state index contributed by atoms with van der Waals surface area (Å²) >= 11 is 0. The molecule has 4 aromatic rings. The second-order valence-electron chi connectivity index (χ2n) is 8.33. The van der Waals surface area contributed by atoms with Crippen LogP contribution in [0, 0.1) is 19.7 Å². The fourth-order valence-electron chi connectivity index (χ4n) is 4.17. The van der Waals surface area contributed by atoms with Crippen molar-refractivity contribution >= 4 is 17.3 Å². The molecule has 3 aromatic carbocycles. The summed E-state index contributed by atoms with van der Waals surface area (Å²) in [6.07, 6.45) is 0. The highest BCUT2D eigenvalue weighted by atomic mass is 19.1. The number of hydrogen-bond acceptors (Lipinski definition) is 4. The number of nitrogens with one attached hydrogen (secondary N) is 1. The van der Waals surface area contributed by atoms with Gasteiger partial charge in [0.15, 0.2) is 0 Å². The molecule has 6 nitrogen and oxygen atoms in total. The number of nitrogens with zero attached hydrogens (tertiary/aromatic N) is 3. The number of benzene rings is 3. The Hall–Kier alpha value is -4.26. The number of carbonyl (C=O) groups is 1. The quantitative estimate of drug-likeness (QED) is 0.399. The van der Waals surface area contributed by atoms with Crippen LogP contribution in [0.2, 0.25) is 0 Å². The Morgan fingerprint density at radius 2 is 1.74 bits per heavy atom. The lowest BCUT2D eigenvalue weighted by molar-refractivity contribution is 0.244. The Labute approximate surface area is 196 Å². The first-order valence-corrected chi connectivity index (χ1v) is 11.0. The number of aromatic nitrogens is 2. The number of rotatable bonds is 4. The molecule has 5 rings (SSSR count). The number of anilines is 1. The molecule has 1 N–H and O–H groups in total. The van der Waals surface area contributed by atoms with Gasteiger partial charge in [0.2, 0.25) is 5.82 Å². The van der Waals surface area contributed by atoms with E-state index in [1.54, 1.807) is 17.0 Å². The minimum atomic E-state index is -0.489. The van der Waals surface area contributed by atoms with Crippen LogP contribution in [0.5, 0.6) is 0 Å². The molecular formula is C27H23FN4O2. The summed E-state index contributed by atoms with van der Waals surface area (Å²) < 4.78 is 19.4. The highest BCUT2D eigenvalue weighted by Crippen LogP contribution is 2.39. The molecule has 1 atom stereocenters. The van der Waals surface area contributed by atoms with E-state index in [0.717, 1.165) is 22.4 Å². The van der Waals surface area contributed by atoms with E-state index in [1.807, 2.05) is 69.3 Å². The molecule has 0 spiro atoms. The van der Waals surface area contributed by atoms with E-state index < -0.39 is 6.04 Å². The third-order valence-corrected chi connectivity index (χ3v) is 6.11. The highest BCUT2D eigenvalue weighted by molar-refractivity contribution is 6.01. The van der Waals surface area contributed by atoms with Gasteiger partial charge in [0.25, 0.3) is 5.89 Å². The molecule has 2 heterocycles. The number of hydrogen-bond donors (Lipinski definition) is 1. The molecule has 1 aliphatic rings. The summed E-state index contributed by atoms with van der Waals surface area (Å²) in [5.41, 5.74) is 5.71. The highest BCUT2D eigenvalue weighted by Gasteiger charge is 2.36. The van der Waals surface area contributed by atoms with E-state index in [1.165, 1.54) is 12.1 Å². The lowest BCUT2D eigenvalue weighted by Crippen LogP contribution is -2.46. The number of aryl methyl sites for hydroxylation is 2. The summed E-state index contributed by atoms with van der Waals surface area (Å²) in [5, 5.41) is 7.18. The van der Waals surface area contributed by atoms with Gasteiger partial charge in [-0.3, -0.25) is 4.90 Å². The first kappa shape index (κ1) is 21.6. The number of carbonyl (C=O) groups excluding carboxylic acids is 1. The third-order valence-electron chi connectivity index (χ3n) is 6.11. The third kappa shape index (κ3) is 3.85. The summed E-state index contributed by atoms with van der Waals surface area (Å²) in [6.45, 7) is 5.91. The average molecular weight is 455 g/mol. The van der Waals surface area contributed by atoms with Crippen LogP contribution in [0.25, 0.3) is 17.0 Å². The van der Waals surface area contributed by atoms with E-state index in [4.69, 9.17) is 4.52 Å². The van der Waals surface area contributed by atoms with Crippen LogP contribution >= 0.6 is 0 Å². The first-order chi connectivity index (χ1) is 16.4. The summed E-state index contributed by atoms with van der Waals surface area (Å²) in [6, 6.07) is 20.8. The van der Waals surface area contributed by atoms with Crippen LogP contribution in [0.1, 0.15) is 35.5 Å². The fraction of sp³-hybridized carbons (Fsp3) is 0.148. The molecule has 0 bridgehead atoms. The van der Waals surface area contributed by atoms with Gasteiger partial charge in [-0.2, -0.15) is 4.98 Å². The number of allylic oxidation sites excluding steroid dienone is 1. The Bertz CT molecular complexity index is 1410. The van der Waals surface area contributed by atoms with Crippen LogP contribution in [0.3, 0.4) is 0 Å². The van der Waals surface area contributed by atoms with Crippen molar-refractivity contribution in [3.8, 4) is 11.4 Å². The van der Waals surface area contributed by atoms with Crippen molar-refractivity contribution in [3.63, 3.8) is 0 Å². The lowest BCUT2D eigenvalue weighted by atomic mass is 9.94. The summed E-state index contributed by atoms with van der Waals surface area (Å²) in [4.78, 5) is 19.5.